The van der Waals surface area contributed by atoms with E-state index in [0.717, 1.165) is 12.7 Å². The van der Waals surface area contributed by atoms with Gasteiger partial charge in [-0.15, -0.1) is 12.4 Å². The van der Waals surface area contributed by atoms with Crippen LogP contribution in [-0.2, 0) is 9.31 Å². The van der Waals surface area contributed by atoms with Crippen molar-refractivity contribution in [2.75, 3.05) is 0 Å². The molecule has 0 aromatic heterocycles. The summed E-state index contributed by atoms with van der Waals surface area (Å²) in [6.45, 7) is 7.54. The molecule has 0 aromatic rings. The Morgan fingerprint density at radius 3 is 2.11 bits per heavy atom. The van der Waals surface area contributed by atoms with Crippen molar-refractivity contribution < 1.29 is 9.31 Å². The van der Waals surface area contributed by atoms with E-state index in [1.54, 1.807) is 0 Å². The van der Waals surface area contributed by atoms with Crippen LogP contribution >= 0.6 is 0 Å². The predicted molar refractivity (Wildman–Crippen MR) is 79.8 cm³/mol. The fourth-order valence-corrected chi connectivity index (χ4v) is 2.61. The summed E-state index contributed by atoms with van der Waals surface area (Å²) in [4.78, 5) is 0. The molecule has 3 heteroatoms. The van der Waals surface area contributed by atoms with E-state index < -0.39 is 6.55 Å². The number of hydrogen-bond donors (Lipinski definition) is 0. The highest BCUT2D eigenvalue weighted by Gasteiger charge is 2.35. The molecule has 0 amide bonds. The Morgan fingerprint density at radius 2 is 1.56 bits per heavy atom. The highest BCUT2D eigenvalue weighted by atomic mass is 16.7. The second kappa shape index (κ2) is 8.01. The molecule has 0 radical (unpaired) electrons. The van der Waals surface area contributed by atoms with Crippen LogP contribution in [0.4, 0.5) is 0 Å². The molecule has 18 heavy (non-hydrogen) atoms. The van der Waals surface area contributed by atoms with E-state index in [2.05, 4.69) is 39.7 Å². The zero-order valence-corrected chi connectivity index (χ0v) is 12.7. The number of unbranched alkanes of at least 4 members (excludes halogenated alkanes) is 4. The van der Waals surface area contributed by atoms with Gasteiger partial charge in [-0.3, -0.25) is 0 Å². The second-order valence-corrected chi connectivity index (χ2v) is 5.69. The Balaban J connectivity index is 2.50. The van der Waals surface area contributed by atoms with Crippen molar-refractivity contribution in [1.29, 1.82) is 0 Å². The highest BCUT2D eigenvalue weighted by molar-refractivity contribution is 6.73. The smallest absolute Gasteiger partial charge is 0.262 e. The van der Waals surface area contributed by atoms with Gasteiger partial charge in [0.1, 0.15) is 0 Å². The normalized spacial score (nSPS) is 32.4. The minimum absolute atomic E-state index is 0.224. The fourth-order valence-electron chi connectivity index (χ4n) is 2.61. The van der Waals surface area contributed by atoms with E-state index in [-0.39, 0.29) is 12.2 Å². The van der Waals surface area contributed by atoms with E-state index in [9.17, 15) is 0 Å². The molecule has 0 N–H and O–H groups in total. The van der Waals surface area contributed by atoms with Crippen molar-refractivity contribution in [2.24, 2.45) is 0 Å². The molecule has 106 valence electrons. The van der Waals surface area contributed by atoms with E-state index >= 15 is 0 Å². The molecule has 0 aromatic carbocycles. The molecule has 1 heterocycles. The minimum Gasteiger partial charge on any atom is -0.561 e. The third kappa shape index (κ3) is 4.77. The molecule has 2 atom stereocenters. The first kappa shape index (κ1) is 15.8. The first-order valence-corrected chi connectivity index (χ1v) is 7.83. The Labute approximate surface area is 113 Å². The molecule has 0 aliphatic carbocycles. The van der Waals surface area contributed by atoms with Crippen LogP contribution < -0.4 is 0 Å². The summed E-state index contributed by atoms with van der Waals surface area (Å²) < 4.78 is 12.2. The fraction of sp³-hybridized carbons (Fsp3) is 0.867. The van der Waals surface area contributed by atoms with Crippen LogP contribution in [0, 0.1) is 0 Å². The standard InChI is InChI=1S/C15H30BO2/c1-5-7-9-10-11-13-16(12-8-6-2)17-14(3)15(4)18-16/h11,13-15H,5-10,12H2,1-4H3/q-1/b13-11+. The summed E-state index contributed by atoms with van der Waals surface area (Å²) in [5, 5.41) is 0. The van der Waals surface area contributed by atoms with Gasteiger partial charge in [-0.05, 0) is 26.7 Å². The van der Waals surface area contributed by atoms with E-state index in [1.807, 2.05) is 0 Å². The van der Waals surface area contributed by atoms with Crippen molar-refractivity contribution >= 4 is 6.55 Å². The highest BCUT2D eigenvalue weighted by Crippen LogP contribution is 2.31. The van der Waals surface area contributed by atoms with Gasteiger partial charge in [0.2, 0.25) is 0 Å². The van der Waals surface area contributed by atoms with Crippen LogP contribution in [-0.4, -0.2) is 18.8 Å². The Morgan fingerprint density at radius 1 is 0.944 bits per heavy atom. The lowest BCUT2D eigenvalue weighted by molar-refractivity contribution is 0.187. The van der Waals surface area contributed by atoms with Gasteiger partial charge in [0.25, 0.3) is 6.55 Å². The first-order chi connectivity index (χ1) is 8.63. The Kier molecular flexibility index (Phi) is 7.02. The second-order valence-electron chi connectivity index (χ2n) is 5.69. The SMILES string of the molecule is CCCCC/C=C/[B-]1(CCCC)OC(C)C(C)O1. The van der Waals surface area contributed by atoms with Gasteiger partial charge in [-0.2, -0.15) is 5.98 Å². The molecular weight excluding hydrogens is 223 g/mol. The molecule has 1 rings (SSSR count). The van der Waals surface area contributed by atoms with Gasteiger partial charge in [0, 0.05) is 12.2 Å². The largest absolute Gasteiger partial charge is 0.561 e. The van der Waals surface area contributed by atoms with E-state index in [0.29, 0.717) is 0 Å². The van der Waals surface area contributed by atoms with Gasteiger partial charge >= 0.3 is 0 Å². The number of rotatable bonds is 8. The average Bonchev–Trinajstić information content (AvgIpc) is 2.63. The molecule has 1 aliphatic rings. The maximum atomic E-state index is 6.12. The molecule has 1 saturated heterocycles. The van der Waals surface area contributed by atoms with Gasteiger partial charge in [-0.1, -0.05) is 39.5 Å². The summed E-state index contributed by atoms with van der Waals surface area (Å²) in [7, 11) is 0. The Hall–Kier alpha value is -0.275. The molecule has 2 unspecified atom stereocenters. The average molecular weight is 253 g/mol. The van der Waals surface area contributed by atoms with Crippen molar-refractivity contribution in [3.63, 3.8) is 0 Å². The summed E-state index contributed by atoms with van der Waals surface area (Å²) >= 11 is 0. The lowest BCUT2D eigenvalue weighted by Gasteiger charge is -2.32. The quantitative estimate of drug-likeness (QED) is 0.460. The van der Waals surface area contributed by atoms with Crippen molar-refractivity contribution in [3.8, 4) is 0 Å². The van der Waals surface area contributed by atoms with Crippen LogP contribution in [0.25, 0.3) is 0 Å². The maximum Gasteiger partial charge on any atom is 0.262 e. The van der Waals surface area contributed by atoms with Crippen molar-refractivity contribution in [3.05, 3.63) is 12.1 Å². The number of hydrogen-bond acceptors (Lipinski definition) is 2. The van der Waals surface area contributed by atoms with Crippen molar-refractivity contribution in [1.82, 2.24) is 0 Å². The van der Waals surface area contributed by atoms with E-state index in [4.69, 9.17) is 9.31 Å². The molecule has 0 bridgehead atoms. The first-order valence-electron chi connectivity index (χ1n) is 7.83. The lowest BCUT2D eigenvalue weighted by Crippen LogP contribution is -2.35. The van der Waals surface area contributed by atoms with Crippen LogP contribution in [0.5, 0.6) is 0 Å². The van der Waals surface area contributed by atoms with E-state index in [1.165, 1.54) is 32.1 Å². The molecule has 1 aliphatic heterocycles. The van der Waals surface area contributed by atoms with Crippen LogP contribution in [0.15, 0.2) is 12.1 Å². The lowest BCUT2D eigenvalue weighted by atomic mass is 9.53. The summed E-state index contributed by atoms with van der Waals surface area (Å²) in [6, 6.07) is 0. The molecule has 2 nitrogen and oxygen atoms in total. The third-order valence-electron chi connectivity index (χ3n) is 3.91. The topological polar surface area (TPSA) is 18.5 Å². The summed E-state index contributed by atoms with van der Waals surface area (Å²) in [5.74, 6) is 2.23. The van der Waals surface area contributed by atoms with Crippen LogP contribution in [0.2, 0.25) is 6.32 Å². The minimum atomic E-state index is -1.15. The van der Waals surface area contributed by atoms with Gasteiger partial charge in [0.15, 0.2) is 0 Å². The summed E-state index contributed by atoms with van der Waals surface area (Å²) in [6.07, 6.45) is 11.2. The zero-order valence-electron chi connectivity index (χ0n) is 12.7. The molecular formula is C15H30BO2-. The van der Waals surface area contributed by atoms with Crippen LogP contribution in [0.1, 0.15) is 66.2 Å². The van der Waals surface area contributed by atoms with Gasteiger partial charge in [-0.25, -0.2) is 0 Å². The monoisotopic (exact) mass is 253 g/mol. The summed E-state index contributed by atoms with van der Waals surface area (Å²) in [5.41, 5.74) is 0. The zero-order chi connectivity index (χ0) is 13.4. The molecule has 0 spiro atoms. The molecule has 0 saturated carbocycles. The van der Waals surface area contributed by atoms with Crippen molar-refractivity contribution in [2.45, 2.75) is 84.7 Å². The Bertz CT molecular complexity index is 243. The third-order valence-corrected chi connectivity index (χ3v) is 3.91. The van der Waals surface area contributed by atoms with Gasteiger partial charge in [0.05, 0.1) is 0 Å². The van der Waals surface area contributed by atoms with Crippen LogP contribution in [0.3, 0.4) is 0 Å². The number of allylic oxidation sites excluding steroid dienone is 1. The predicted octanol–water partition coefficient (Wildman–Crippen LogP) is 4.73. The molecule has 1 fully saturated rings. The maximum absolute atomic E-state index is 6.12. The van der Waals surface area contributed by atoms with Gasteiger partial charge < -0.3 is 9.31 Å².